The maximum absolute atomic E-state index is 12.0. The number of nitrogens with zero attached hydrogens (tertiary/aromatic N) is 3. The molecular weight excluding hydrogens is 270 g/mol. The first kappa shape index (κ1) is 15.7. The molecule has 1 fully saturated rings. The summed E-state index contributed by atoms with van der Waals surface area (Å²) < 4.78 is 5.81. The topological polar surface area (TPSA) is 65.9 Å². The van der Waals surface area contributed by atoms with Crippen molar-refractivity contribution in [3.8, 4) is 0 Å². The van der Waals surface area contributed by atoms with Crippen LogP contribution in [0.25, 0.3) is 0 Å². The van der Waals surface area contributed by atoms with Gasteiger partial charge < -0.3 is 19.6 Å². The van der Waals surface area contributed by atoms with Crippen LogP contribution in [0.15, 0.2) is 18.3 Å². The standard InChI is InChI=1S/C15H23N3O3/c1-15(2)10-18(8-12(9-19)21-15)11-5-6-16-13(7-11)14(20)17(3)4/h5-7,12,19H,8-10H2,1-4H3. The molecule has 6 nitrogen and oxygen atoms in total. The number of anilines is 1. The first-order valence-corrected chi connectivity index (χ1v) is 7.04. The summed E-state index contributed by atoms with van der Waals surface area (Å²) in [6, 6.07) is 3.67. The first-order chi connectivity index (χ1) is 9.82. The fourth-order valence-corrected chi connectivity index (χ4v) is 2.55. The van der Waals surface area contributed by atoms with Gasteiger partial charge in [0.05, 0.1) is 18.3 Å². The van der Waals surface area contributed by atoms with Gasteiger partial charge >= 0.3 is 0 Å². The van der Waals surface area contributed by atoms with E-state index in [-0.39, 0.29) is 24.2 Å². The largest absolute Gasteiger partial charge is 0.394 e. The SMILES string of the molecule is CN(C)C(=O)c1cc(N2CC(CO)OC(C)(C)C2)ccn1. The zero-order valence-electron chi connectivity index (χ0n) is 13.0. The number of ether oxygens (including phenoxy) is 1. The molecule has 2 rings (SSSR count). The smallest absolute Gasteiger partial charge is 0.272 e. The fraction of sp³-hybridized carbons (Fsp3) is 0.600. The lowest BCUT2D eigenvalue weighted by molar-refractivity contribution is -0.101. The molecule has 116 valence electrons. The minimum absolute atomic E-state index is 0.0193. The van der Waals surface area contributed by atoms with Crippen LogP contribution in [-0.2, 0) is 4.74 Å². The molecular formula is C15H23N3O3. The molecule has 1 N–H and O–H groups in total. The number of aliphatic hydroxyl groups excluding tert-OH is 1. The van der Waals surface area contributed by atoms with E-state index < -0.39 is 0 Å². The summed E-state index contributed by atoms with van der Waals surface area (Å²) in [6.07, 6.45) is 1.41. The van der Waals surface area contributed by atoms with Crippen molar-refractivity contribution in [3.05, 3.63) is 24.0 Å². The number of aromatic nitrogens is 1. The predicted octanol–water partition coefficient (Wildman–Crippen LogP) is 0.759. The van der Waals surface area contributed by atoms with Crippen molar-refractivity contribution in [1.82, 2.24) is 9.88 Å². The van der Waals surface area contributed by atoms with Crippen molar-refractivity contribution in [3.63, 3.8) is 0 Å². The summed E-state index contributed by atoms with van der Waals surface area (Å²) in [7, 11) is 3.41. The van der Waals surface area contributed by atoms with Crippen LogP contribution in [0, 0.1) is 0 Å². The van der Waals surface area contributed by atoms with Gasteiger partial charge in [-0.25, -0.2) is 0 Å². The van der Waals surface area contributed by atoms with Gasteiger partial charge in [0.25, 0.3) is 5.91 Å². The van der Waals surface area contributed by atoms with E-state index in [9.17, 15) is 9.90 Å². The van der Waals surface area contributed by atoms with Crippen LogP contribution >= 0.6 is 0 Å². The molecule has 1 amide bonds. The van der Waals surface area contributed by atoms with Gasteiger partial charge in [-0.3, -0.25) is 9.78 Å². The first-order valence-electron chi connectivity index (χ1n) is 7.04. The molecule has 0 saturated carbocycles. The lowest BCUT2D eigenvalue weighted by atomic mass is 10.0. The Bertz CT molecular complexity index is 517. The third kappa shape index (κ3) is 3.71. The zero-order valence-corrected chi connectivity index (χ0v) is 13.0. The Kier molecular flexibility index (Phi) is 4.49. The highest BCUT2D eigenvalue weighted by atomic mass is 16.5. The second-order valence-electron chi connectivity index (χ2n) is 6.16. The molecule has 0 spiro atoms. The number of carbonyl (C=O) groups is 1. The van der Waals surface area contributed by atoms with E-state index in [4.69, 9.17) is 4.74 Å². The molecule has 2 heterocycles. The summed E-state index contributed by atoms with van der Waals surface area (Å²) in [5.74, 6) is -0.122. The lowest BCUT2D eigenvalue weighted by Gasteiger charge is -2.43. The summed E-state index contributed by atoms with van der Waals surface area (Å²) in [5, 5.41) is 9.38. The highest BCUT2D eigenvalue weighted by Crippen LogP contribution is 2.26. The Labute approximate surface area is 125 Å². The van der Waals surface area contributed by atoms with Crippen LogP contribution in [0.2, 0.25) is 0 Å². The Morgan fingerprint density at radius 2 is 2.29 bits per heavy atom. The van der Waals surface area contributed by atoms with Crippen molar-refractivity contribution in [1.29, 1.82) is 0 Å². The molecule has 1 unspecified atom stereocenters. The number of rotatable bonds is 3. The van der Waals surface area contributed by atoms with E-state index >= 15 is 0 Å². The molecule has 0 bridgehead atoms. The van der Waals surface area contributed by atoms with Gasteiger partial charge in [0.2, 0.25) is 0 Å². The third-order valence-corrected chi connectivity index (χ3v) is 3.42. The third-order valence-electron chi connectivity index (χ3n) is 3.42. The molecule has 1 aromatic heterocycles. The molecule has 1 aliphatic rings. The van der Waals surface area contributed by atoms with E-state index in [1.165, 1.54) is 4.90 Å². The van der Waals surface area contributed by atoms with Crippen LogP contribution in [-0.4, -0.2) is 66.4 Å². The van der Waals surface area contributed by atoms with Gasteiger partial charge in [-0.15, -0.1) is 0 Å². The summed E-state index contributed by atoms with van der Waals surface area (Å²) in [5.41, 5.74) is 0.994. The van der Waals surface area contributed by atoms with E-state index in [0.29, 0.717) is 18.8 Å². The predicted molar refractivity (Wildman–Crippen MR) is 80.5 cm³/mol. The second kappa shape index (κ2) is 5.99. The minimum atomic E-state index is -0.347. The van der Waals surface area contributed by atoms with Crippen LogP contribution in [0.5, 0.6) is 0 Å². The monoisotopic (exact) mass is 293 g/mol. The average molecular weight is 293 g/mol. The van der Waals surface area contributed by atoms with Gasteiger partial charge in [0, 0.05) is 39.1 Å². The lowest BCUT2D eigenvalue weighted by Crippen LogP contribution is -2.54. The van der Waals surface area contributed by atoms with Gasteiger partial charge in [-0.2, -0.15) is 0 Å². The van der Waals surface area contributed by atoms with E-state index in [2.05, 4.69) is 9.88 Å². The number of hydrogen-bond acceptors (Lipinski definition) is 5. The number of amides is 1. The Hall–Kier alpha value is -1.66. The number of morpholine rings is 1. The van der Waals surface area contributed by atoms with Crippen molar-refractivity contribution in [2.24, 2.45) is 0 Å². The number of pyridine rings is 1. The summed E-state index contributed by atoms with van der Waals surface area (Å²) >= 11 is 0. The van der Waals surface area contributed by atoms with Crippen molar-refractivity contribution in [2.45, 2.75) is 25.6 Å². The fourth-order valence-electron chi connectivity index (χ4n) is 2.55. The van der Waals surface area contributed by atoms with Crippen molar-refractivity contribution in [2.75, 3.05) is 38.7 Å². The molecule has 1 aromatic rings. The molecule has 0 radical (unpaired) electrons. The summed E-state index contributed by atoms with van der Waals surface area (Å²) in [6.45, 7) is 5.26. The Morgan fingerprint density at radius 1 is 1.57 bits per heavy atom. The Balaban J connectivity index is 2.25. The molecule has 6 heteroatoms. The van der Waals surface area contributed by atoms with Crippen molar-refractivity contribution < 1.29 is 14.6 Å². The van der Waals surface area contributed by atoms with E-state index in [1.54, 1.807) is 26.4 Å². The number of aliphatic hydroxyl groups is 1. The van der Waals surface area contributed by atoms with Crippen LogP contribution in [0.4, 0.5) is 5.69 Å². The normalized spacial score (nSPS) is 21.2. The van der Waals surface area contributed by atoms with Gasteiger partial charge in [0.1, 0.15) is 5.69 Å². The molecule has 0 aromatic carbocycles. The molecule has 0 aliphatic carbocycles. The molecule has 1 aliphatic heterocycles. The maximum atomic E-state index is 12.0. The second-order valence-corrected chi connectivity index (χ2v) is 6.16. The van der Waals surface area contributed by atoms with Gasteiger partial charge in [-0.05, 0) is 26.0 Å². The Morgan fingerprint density at radius 3 is 2.90 bits per heavy atom. The van der Waals surface area contributed by atoms with Crippen LogP contribution in [0.3, 0.4) is 0 Å². The minimum Gasteiger partial charge on any atom is -0.394 e. The van der Waals surface area contributed by atoms with Crippen LogP contribution in [0.1, 0.15) is 24.3 Å². The summed E-state index contributed by atoms with van der Waals surface area (Å²) in [4.78, 5) is 19.8. The average Bonchev–Trinajstić information content (AvgIpc) is 2.44. The van der Waals surface area contributed by atoms with Crippen LogP contribution < -0.4 is 4.90 Å². The van der Waals surface area contributed by atoms with Gasteiger partial charge in [0.15, 0.2) is 0 Å². The quantitative estimate of drug-likeness (QED) is 0.891. The number of hydrogen-bond donors (Lipinski definition) is 1. The molecule has 21 heavy (non-hydrogen) atoms. The van der Waals surface area contributed by atoms with Gasteiger partial charge in [-0.1, -0.05) is 0 Å². The highest BCUT2D eigenvalue weighted by Gasteiger charge is 2.33. The highest BCUT2D eigenvalue weighted by molar-refractivity contribution is 5.92. The zero-order chi connectivity index (χ0) is 15.6. The van der Waals surface area contributed by atoms with E-state index in [0.717, 1.165) is 5.69 Å². The number of carbonyl (C=O) groups excluding carboxylic acids is 1. The molecule has 1 atom stereocenters. The van der Waals surface area contributed by atoms with Crippen molar-refractivity contribution >= 4 is 11.6 Å². The molecule has 1 saturated heterocycles. The van der Waals surface area contributed by atoms with E-state index in [1.807, 2.05) is 19.9 Å². The maximum Gasteiger partial charge on any atom is 0.272 e.